The molecule has 0 amide bonds. The van der Waals surface area contributed by atoms with E-state index in [0.717, 1.165) is 18.0 Å². The molecule has 0 aliphatic rings. The molecule has 0 aliphatic heterocycles. The number of methoxy groups -OCH3 is 1. The summed E-state index contributed by atoms with van der Waals surface area (Å²) in [4.78, 5) is 2.10. The highest BCUT2D eigenvalue weighted by molar-refractivity contribution is 5.39. The summed E-state index contributed by atoms with van der Waals surface area (Å²) < 4.78 is 10.8. The van der Waals surface area contributed by atoms with Crippen LogP contribution >= 0.6 is 0 Å². The first kappa shape index (κ1) is 12.6. The van der Waals surface area contributed by atoms with Crippen molar-refractivity contribution in [2.45, 2.75) is 0 Å². The fourth-order valence-electron chi connectivity index (χ4n) is 1.23. The molecule has 0 saturated carbocycles. The summed E-state index contributed by atoms with van der Waals surface area (Å²) in [6.07, 6.45) is 4.09. The van der Waals surface area contributed by atoms with Crippen molar-refractivity contribution in [2.24, 2.45) is 0 Å². The molecule has 3 heteroatoms. The molecular formula is C13H19NO2. The van der Waals surface area contributed by atoms with Crippen LogP contribution in [-0.2, 0) is 0 Å². The van der Waals surface area contributed by atoms with Crippen molar-refractivity contribution in [1.29, 1.82) is 0 Å². The van der Waals surface area contributed by atoms with E-state index in [9.17, 15) is 0 Å². The largest absolute Gasteiger partial charge is 0.493 e. The molecule has 3 nitrogen and oxygen atoms in total. The van der Waals surface area contributed by atoms with E-state index in [-0.39, 0.29) is 0 Å². The van der Waals surface area contributed by atoms with Crippen LogP contribution in [-0.4, -0.2) is 39.3 Å². The highest BCUT2D eigenvalue weighted by Gasteiger charge is 1.99. The Bertz CT molecular complexity index is 334. The van der Waals surface area contributed by atoms with Crippen LogP contribution in [0.1, 0.15) is 0 Å². The van der Waals surface area contributed by atoms with Gasteiger partial charge in [0, 0.05) is 6.54 Å². The third-order valence-corrected chi connectivity index (χ3v) is 2.04. The van der Waals surface area contributed by atoms with E-state index in [0.29, 0.717) is 6.61 Å². The molecule has 0 saturated heterocycles. The van der Waals surface area contributed by atoms with Crippen LogP contribution in [0.15, 0.2) is 36.4 Å². The summed E-state index contributed by atoms with van der Waals surface area (Å²) in [6.45, 7) is 1.49. The van der Waals surface area contributed by atoms with Crippen molar-refractivity contribution in [3.63, 3.8) is 0 Å². The molecule has 16 heavy (non-hydrogen) atoms. The van der Waals surface area contributed by atoms with Gasteiger partial charge in [-0.15, -0.1) is 0 Å². The maximum absolute atomic E-state index is 5.58. The molecule has 0 aliphatic carbocycles. The lowest BCUT2D eigenvalue weighted by Crippen LogP contribution is -2.10. The van der Waals surface area contributed by atoms with Gasteiger partial charge in [-0.05, 0) is 26.2 Å². The molecule has 0 fully saturated rings. The predicted molar refractivity (Wildman–Crippen MR) is 66.2 cm³/mol. The van der Waals surface area contributed by atoms with Crippen molar-refractivity contribution in [2.75, 3.05) is 34.4 Å². The summed E-state index contributed by atoms with van der Waals surface area (Å²) in [5.41, 5.74) is 0. The van der Waals surface area contributed by atoms with Gasteiger partial charge in [0.05, 0.1) is 7.11 Å². The van der Waals surface area contributed by atoms with Crippen LogP contribution in [0.2, 0.25) is 0 Å². The first-order chi connectivity index (χ1) is 7.74. The standard InChI is InChI=1S/C13H19NO2/c1-14(2)10-6-7-11-16-13-9-5-4-8-12(13)15-3/h4-9H,10-11H2,1-3H3/b7-6+. The summed E-state index contributed by atoms with van der Waals surface area (Å²) >= 11 is 0. The Morgan fingerprint density at radius 2 is 1.81 bits per heavy atom. The summed E-state index contributed by atoms with van der Waals surface area (Å²) in [5.74, 6) is 1.54. The molecule has 0 aromatic heterocycles. The van der Waals surface area contributed by atoms with Gasteiger partial charge in [-0.3, -0.25) is 0 Å². The number of rotatable bonds is 6. The molecule has 1 aromatic carbocycles. The number of ether oxygens (including phenoxy) is 2. The number of hydrogen-bond acceptors (Lipinski definition) is 3. The summed E-state index contributed by atoms with van der Waals surface area (Å²) in [7, 11) is 5.71. The average molecular weight is 221 g/mol. The Kier molecular flexibility index (Phi) is 5.43. The zero-order chi connectivity index (χ0) is 11.8. The van der Waals surface area contributed by atoms with Crippen LogP contribution in [0.25, 0.3) is 0 Å². The second-order valence-corrected chi connectivity index (χ2v) is 3.70. The van der Waals surface area contributed by atoms with Gasteiger partial charge in [0.15, 0.2) is 11.5 Å². The second-order valence-electron chi connectivity index (χ2n) is 3.70. The summed E-state index contributed by atoms with van der Waals surface area (Å²) in [6, 6.07) is 7.65. The van der Waals surface area contributed by atoms with E-state index < -0.39 is 0 Å². The average Bonchev–Trinajstić information content (AvgIpc) is 2.29. The molecule has 0 heterocycles. The fraction of sp³-hybridized carbons (Fsp3) is 0.385. The van der Waals surface area contributed by atoms with Gasteiger partial charge in [-0.25, -0.2) is 0 Å². The smallest absolute Gasteiger partial charge is 0.161 e. The van der Waals surface area contributed by atoms with Crippen LogP contribution in [0.5, 0.6) is 11.5 Å². The predicted octanol–water partition coefficient (Wildman–Crippen LogP) is 2.19. The number of nitrogens with zero attached hydrogens (tertiary/aromatic N) is 1. The molecular weight excluding hydrogens is 202 g/mol. The minimum Gasteiger partial charge on any atom is -0.493 e. The number of hydrogen-bond donors (Lipinski definition) is 0. The third kappa shape index (κ3) is 4.36. The maximum atomic E-state index is 5.58. The molecule has 0 spiro atoms. The number of para-hydroxylation sites is 2. The minimum absolute atomic E-state index is 0.564. The van der Waals surface area contributed by atoms with E-state index in [1.807, 2.05) is 44.4 Å². The first-order valence-corrected chi connectivity index (χ1v) is 5.29. The van der Waals surface area contributed by atoms with Crippen molar-refractivity contribution in [1.82, 2.24) is 4.90 Å². The van der Waals surface area contributed by atoms with Gasteiger partial charge in [-0.2, -0.15) is 0 Å². The van der Waals surface area contributed by atoms with E-state index in [2.05, 4.69) is 11.0 Å². The summed E-state index contributed by atoms with van der Waals surface area (Å²) in [5, 5.41) is 0. The molecule has 0 radical (unpaired) electrons. The van der Waals surface area contributed by atoms with Gasteiger partial charge < -0.3 is 14.4 Å². The van der Waals surface area contributed by atoms with E-state index in [1.54, 1.807) is 7.11 Å². The third-order valence-electron chi connectivity index (χ3n) is 2.04. The molecule has 0 N–H and O–H groups in total. The van der Waals surface area contributed by atoms with E-state index in [4.69, 9.17) is 9.47 Å². The normalized spacial score (nSPS) is 11.0. The molecule has 1 rings (SSSR count). The highest BCUT2D eigenvalue weighted by Crippen LogP contribution is 2.25. The fourth-order valence-corrected chi connectivity index (χ4v) is 1.23. The van der Waals surface area contributed by atoms with E-state index in [1.165, 1.54) is 0 Å². The van der Waals surface area contributed by atoms with Crippen LogP contribution in [0.4, 0.5) is 0 Å². The Morgan fingerprint density at radius 1 is 1.12 bits per heavy atom. The van der Waals surface area contributed by atoms with E-state index >= 15 is 0 Å². The number of likely N-dealkylation sites (N-methyl/N-ethyl adjacent to an activating group) is 1. The molecule has 88 valence electrons. The Labute approximate surface area is 97.3 Å². The molecule has 0 bridgehead atoms. The number of benzene rings is 1. The van der Waals surface area contributed by atoms with Crippen molar-refractivity contribution >= 4 is 0 Å². The monoisotopic (exact) mass is 221 g/mol. The second kappa shape index (κ2) is 6.90. The maximum Gasteiger partial charge on any atom is 0.161 e. The van der Waals surface area contributed by atoms with Gasteiger partial charge in [-0.1, -0.05) is 24.3 Å². The van der Waals surface area contributed by atoms with Crippen molar-refractivity contribution in [3.8, 4) is 11.5 Å². The zero-order valence-corrected chi connectivity index (χ0v) is 10.1. The zero-order valence-electron chi connectivity index (χ0n) is 10.1. The van der Waals surface area contributed by atoms with Gasteiger partial charge in [0.1, 0.15) is 6.61 Å². The van der Waals surface area contributed by atoms with Gasteiger partial charge in [0.2, 0.25) is 0 Å². The lowest BCUT2D eigenvalue weighted by molar-refractivity contribution is 0.325. The molecule has 0 unspecified atom stereocenters. The Morgan fingerprint density at radius 3 is 2.44 bits per heavy atom. The lowest BCUT2D eigenvalue weighted by atomic mass is 10.3. The van der Waals surface area contributed by atoms with Crippen LogP contribution < -0.4 is 9.47 Å². The SMILES string of the molecule is COc1ccccc1OC/C=C/CN(C)C. The van der Waals surface area contributed by atoms with Crippen LogP contribution in [0, 0.1) is 0 Å². The van der Waals surface area contributed by atoms with Crippen molar-refractivity contribution < 1.29 is 9.47 Å². The van der Waals surface area contributed by atoms with Gasteiger partial charge in [0.25, 0.3) is 0 Å². The minimum atomic E-state index is 0.564. The first-order valence-electron chi connectivity index (χ1n) is 5.29. The Hall–Kier alpha value is -1.48. The molecule has 1 aromatic rings. The Balaban J connectivity index is 2.39. The van der Waals surface area contributed by atoms with Crippen molar-refractivity contribution in [3.05, 3.63) is 36.4 Å². The highest BCUT2D eigenvalue weighted by atomic mass is 16.5. The quantitative estimate of drug-likeness (QED) is 0.687. The topological polar surface area (TPSA) is 21.7 Å². The molecule has 0 atom stereocenters. The van der Waals surface area contributed by atoms with Gasteiger partial charge >= 0.3 is 0 Å². The lowest BCUT2D eigenvalue weighted by Gasteiger charge is -2.08. The van der Waals surface area contributed by atoms with Crippen LogP contribution in [0.3, 0.4) is 0 Å².